The van der Waals surface area contributed by atoms with Gasteiger partial charge in [-0.05, 0) is 24.3 Å². The monoisotopic (exact) mass is 329 g/mol. The second kappa shape index (κ2) is 4.79. The normalized spacial score (nSPS) is 15.9. The van der Waals surface area contributed by atoms with E-state index < -0.39 is 0 Å². The number of fused-ring (bicyclic) bond motifs is 4. The maximum atomic E-state index is 6.23. The van der Waals surface area contributed by atoms with E-state index in [-0.39, 0.29) is 5.41 Å². The fourth-order valence-electron chi connectivity index (χ4n) is 3.87. The minimum Gasteiger partial charge on any atom is -0.457 e. The Labute approximate surface area is 147 Å². The molecule has 0 bridgehead atoms. The van der Waals surface area contributed by atoms with Crippen molar-refractivity contribution in [3.05, 3.63) is 71.8 Å². The maximum Gasteiger partial charge on any atom is 0.151 e. The second-order valence-corrected chi connectivity index (χ2v) is 7.17. The third-order valence-electron chi connectivity index (χ3n) is 5.32. The van der Waals surface area contributed by atoms with Gasteiger partial charge in [-0.1, -0.05) is 44.2 Å². The first-order valence-electron chi connectivity index (χ1n) is 8.52. The maximum absolute atomic E-state index is 6.23. The van der Waals surface area contributed by atoms with Gasteiger partial charge in [0.2, 0.25) is 0 Å². The second-order valence-electron chi connectivity index (χ2n) is 7.17. The molecule has 3 nitrogen and oxygen atoms in total. The molecular weight excluding hydrogens is 310 g/mol. The molecule has 124 valence electrons. The quantitative estimate of drug-likeness (QED) is 0.505. The molecule has 2 aliphatic rings. The molecule has 2 aliphatic heterocycles. The van der Waals surface area contributed by atoms with Gasteiger partial charge in [-0.2, -0.15) is 0 Å². The molecule has 3 heteroatoms. The number of benzene rings is 3. The van der Waals surface area contributed by atoms with Crippen LogP contribution in [0.25, 0.3) is 0 Å². The van der Waals surface area contributed by atoms with Crippen LogP contribution in [0.15, 0.2) is 60.7 Å². The molecule has 0 radical (unpaired) electrons. The number of hydrogen-bond donors (Lipinski definition) is 0. The molecule has 2 heterocycles. The summed E-state index contributed by atoms with van der Waals surface area (Å²) in [5.41, 5.74) is 4.29. The van der Waals surface area contributed by atoms with Crippen molar-refractivity contribution in [3.63, 3.8) is 0 Å². The smallest absolute Gasteiger partial charge is 0.151 e. The van der Waals surface area contributed by atoms with Gasteiger partial charge in [-0.3, -0.25) is 0 Å². The lowest BCUT2D eigenvalue weighted by Crippen LogP contribution is -2.25. The molecule has 0 aromatic heterocycles. The van der Waals surface area contributed by atoms with Crippen molar-refractivity contribution in [1.29, 1.82) is 0 Å². The molecule has 0 saturated carbocycles. The van der Waals surface area contributed by atoms with E-state index >= 15 is 0 Å². The number of para-hydroxylation sites is 3. The van der Waals surface area contributed by atoms with E-state index in [1.54, 1.807) is 0 Å². The highest BCUT2D eigenvalue weighted by Crippen LogP contribution is 2.54. The molecule has 0 spiro atoms. The van der Waals surface area contributed by atoms with Crippen LogP contribution in [0.1, 0.15) is 25.0 Å². The molecule has 0 saturated heterocycles. The van der Waals surface area contributed by atoms with E-state index in [2.05, 4.69) is 56.1 Å². The summed E-state index contributed by atoms with van der Waals surface area (Å²) in [6.07, 6.45) is 0. The van der Waals surface area contributed by atoms with Gasteiger partial charge in [0, 0.05) is 29.7 Å². The van der Waals surface area contributed by atoms with Crippen molar-refractivity contribution in [2.75, 3.05) is 11.9 Å². The molecule has 3 aromatic rings. The van der Waals surface area contributed by atoms with Crippen molar-refractivity contribution in [2.45, 2.75) is 19.3 Å². The number of nitrogens with zero attached hydrogens (tertiary/aromatic N) is 1. The van der Waals surface area contributed by atoms with Crippen molar-refractivity contribution in [2.24, 2.45) is 0 Å². The number of ether oxygens (including phenoxy) is 2. The zero-order chi connectivity index (χ0) is 17.2. The Balaban J connectivity index is 1.71. The van der Waals surface area contributed by atoms with E-state index in [0.29, 0.717) is 0 Å². The van der Waals surface area contributed by atoms with Crippen LogP contribution in [0.2, 0.25) is 0 Å². The lowest BCUT2D eigenvalue weighted by atomic mass is 9.75. The highest BCUT2D eigenvalue weighted by atomic mass is 16.5. The molecule has 0 amide bonds. The van der Waals surface area contributed by atoms with Crippen molar-refractivity contribution in [3.8, 4) is 23.0 Å². The summed E-state index contributed by atoms with van der Waals surface area (Å²) in [6, 6.07) is 20.6. The summed E-state index contributed by atoms with van der Waals surface area (Å²) >= 11 is 0. The van der Waals surface area contributed by atoms with Crippen LogP contribution in [0.3, 0.4) is 0 Å². The number of hydrogen-bond acceptors (Lipinski definition) is 3. The molecule has 0 N–H and O–H groups in total. The first-order chi connectivity index (χ1) is 12.1. The Bertz CT molecular complexity index is 1010. The Hall–Kier alpha value is -2.94. The number of rotatable bonds is 0. The average molecular weight is 329 g/mol. The topological polar surface area (TPSA) is 21.7 Å². The predicted molar refractivity (Wildman–Crippen MR) is 99.7 cm³/mol. The zero-order valence-corrected chi connectivity index (χ0v) is 14.5. The SMILES string of the molecule is CN1c2ccccc2Oc2cc3c(cc21)Oc1ccccc1C3(C)C. The lowest BCUT2D eigenvalue weighted by Gasteiger charge is -2.37. The Morgan fingerprint density at radius 1 is 0.680 bits per heavy atom. The minimum absolute atomic E-state index is 0.141. The Morgan fingerprint density at radius 2 is 1.36 bits per heavy atom. The summed E-state index contributed by atoms with van der Waals surface area (Å²) in [5, 5.41) is 0. The molecular formula is C22H19NO2. The van der Waals surface area contributed by atoms with Crippen LogP contribution >= 0.6 is 0 Å². The van der Waals surface area contributed by atoms with Crippen molar-refractivity contribution < 1.29 is 9.47 Å². The average Bonchev–Trinajstić information content (AvgIpc) is 2.62. The highest BCUT2D eigenvalue weighted by Gasteiger charge is 2.36. The Morgan fingerprint density at radius 3 is 2.20 bits per heavy atom. The van der Waals surface area contributed by atoms with Gasteiger partial charge in [0.1, 0.15) is 11.5 Å². The van der Waals surface area contributed by atoms with Crippen LogP contribution in [0.5, 0.6) is 23.0 Å². The third-order valence-corrected chi connectivity index (χ3v) is 5.32. The van der Waals surface area contributed by atoms with Gasteiger partial charge in [0.15, 0.2) is 11.5 Å². The van der Waals surface area contributed by atoms with E-state index in [1.165, 1.54) is 5.56 Å². The highest BCUT2D eigenvalue weighted by molar-refractivity contribution is 5.80. The largest absolute Gasteiger partial charge is 0.457 e. The van der Waals surface area contributed by atoms with Gasteiger partial charge < -0.3 is 14.4 Å². The van der Waals surface area contributed by atoms with Gasteiger partial charge in [-0.25, -0.2) is 0 Å². The fraction of sp³-hybridized carbons (Fsp3) is 0.182. The van der Waals surface area contributed by atoms with E-state index in [9.17, 15) is 0 Å². The summed E-state index contributed by atoms with van der Waals surface area (Å²) in [5.74, 6) is 3.58. The van der Waals surface area contributed by atoms with Gasteiger partial charge in [-0.15, -0.1) is 0 Å². The first kappa shape index (κ1) is 14.4. The molecule has 5 rings (SSSR count). The molecule has 0 aliphatic carbocycles. The lowest BCUT2D eigenvalue weighted by molar-refractivity contribution is 0.412. The summed E-state index contributed by atoms with van der Waals surface area (Å²) < 4.78 is 12.4. The first-order valence-corrected chi connectivity index (χ1v) is 8.52. The standard InChI is InChI=1S/C22H19NO2/c1-22(2)14-8-4-6-10-18(14)24-20-13-17-21(12-15(20)22)25-19-11-7-5-9-16(19)23(17)3/h4-13H,1-3H3. The summed E-state index contributed by atoms with van der Waals surface area (Å²) in [6.45, 7) is 4.47. The van der Waals surface area contributed by atoms with Crippen LogP contribution in [0.4, 0.5) is 11.4 Å². The van der Waals surface area contributed by atoms with Crippen LogP contribution in [-0.2, 0) is 5.41 Å². The molecule has 3 aromatic carbocycles. The number of anilines is 2. The van der Waals surface area contributed by atoms with Gasteiger partial charge >= 0.3 is 0 Å². The minimum atomic E-state index is -0.141. The van der Waals surface area contributed by atoms with Crippen molar-refractivity contribution in [1.82, 2.24) is 0 Å². The van der Waals surface area contributed by atoms with Crippen LogP contribution in [0, 0.1) is 0 Å². The van der Waals surface area contributed by atoms with E-state index in [4.69, 9.17) is 9.47 Å². The molecule has 0 fully saturated rings. The fourth-order valence-corrected chi connectivity index (χ4v) is 3.87. The van der Waals surface area contributed by atoms with Crippen LogP contribution in [-0.4, -0.2) is 7.05 Å². The third kappa shape index (κ3) is 1.92. The predicted octanol–water partition coefficient (Wildman–Crippen LogP) is 5.99. The van der Waals surface area contributed by atoms with Crippen LogP contribution < -0.4 is 14.4 Å². The summed E-state index contributed by atoms with van der Waals surface area (Å²) in [4.78, 5) is 2.16. The van der Waals surface area contributed by atoms with Crippen molar-refractivity contribution >= 4 is 11.4 Å². The van der Waals surface area contributed by atoms with E-state index in [0.717, 1.165) is 39.9 Å². The van der Waals surface area contributed by atoms with Gasteiger partial charge in [0.05, 0.1) is 11.4 Å². The van der Waals surface area contributed by atoms with Gasteiger partial charge in [0.25, 0.3) is 0 Å². The van der Waals surface area contributed by atoms with E-state index in [1.807, 2.05) is 30.3 Å². The summed E-state index contributed by atoms with van der Waals surface area (Å²) in [7, 11) is 2.06. The zero-order valence-electron chi connectivity index (χ0n) is 14.5. The molecule has 25 heavy (non-hydrogen) atoms. The molecule has 0 atom stereocenters. The Kier molecular flexibility index (Phi) is 2.76. The molecule has 0 unspecified atom stereocenters.